The molecule has 0 radical (unpaired) electrons. The predicted octanol–water partition coefficient (Wildman–Crippen LogP) is 3.35. The Morgan fingerprint density at radius 2 is 1.33 bits per heavy atom. The second-order valence-electron chi connectivity index (χ2n) is 3.84. The minimum absolute atomic E-state index is 0.319. The van der Waals surface area contributed by atoms with Crippen molar-refractivity contribution in [2.24, 2.45) is 0 Å². The maximum absolute atomic E-state index is 7.88. The molecule has 94 valence electrons. The fraction of sp³-hybridized carbons (Fsp3) is 1.00. The number of rotatable bonds is 9. The van der Waals surface area contributed by atoms with Gasteiger partial charge in [0.2, 0.25) is 0 Å². The van der Waals surface area contributed by atoms with Crippen LogP contribution in [-0.4, -0.2) is 24.8 Å². The third-order valence-electron chi connectivity index (χ3n) is 2.18. The van der Waals surface area contributed by atoms with Gasteiger partial charge in [0, 0.05) is 6.61 Å². The zero-order valence-electron chi connectivity index (χ0n) is 11.0. The number of hydrogen-bond acceptors (Lipinski definition) is 2. The number of nitrogens with one attached hydrogen (secondary N) is 1. The highest BCUT2D eigenvalue weighted by molar-refractivity contribution is 4.46. The first-order chi connectivity index (χ1) is 7.33. The van der Waals surface area contributed by atoms with E-state index >= 15 is 0 Å². The van der Waals surface area contributed by atoms with E-state index in [0.717, 1.165) is 13.0 Å². The smallest absolute Gasteiger partial charge is 0.0428 e. The van der Waals surface area contributed by atoms with Crippen LogP contribution < -0.4 is 5.32 Å². The molecule has 0 aromatic heterocycles. The Hall–Kier alpha value is -0.0800. The lowest BCUT2D eigenvalue weighted by molar-refractivity contribution is 0.295. The topological polar surface area (TPSA) is 32.3 Å². The summed E-state index contributed by atoms with van der Waals surface area (Å²) >= 11 is 0. The van der Waals surface area contributed by atoms with Gasteiger partial charge >= 0.3 is 0 Å². The Kier molecular flexibility index (Phi) is 22.5. The van der Waals surface area contributed by atoms with Gasteiger partial charge in [0.05, 0.1) is 0 Å². The van der Waals surface area contributed by atoms with Crippen molar-refractivity contribution in [3.8, 4) is 0 Å². The van der Waals surface area contributed by atoms with E-state index in [1.807, 2.05) is 6.92 Å². The van der Waals surface area contributed by atoms with Gasteiger partial charge in [-0.15, -0.1) is 0 Å². The van der Waals surface area contributed by atoms with Crippen molar-refractivity contribution in [2.75, 3.05) is 19.7 Å². The fourth-order valence-corrected chi connectivity index (χ4v) is 1.21. The molecule has 0 unspecified atom stereocenters. The van der Waals surface area contributed by atoms with E-state index in [9.17, 15) is 0 Å². The van der Waals surface area contributed by atoms with Crippen LogP contribution in [-0.2, 0) is 0 Å². The van der Waals surface area contributed by atoms with Gasteiger partial charge in [-0.3, -0.25) is 0 Å². The molecule has 0 aliphatic rings. The molecule has 0 atom stereocenters. The highest BCUT2D eigenvalue weighted by atomic mass is 16.2. The third-order valence-corrected chi connectivity index (χ3v) is 2.18. The van der Waals surface area contributed by atoms with Gasteiger partial charge in [0.15, 0.2) is 0 Å². The van der Waals surface area contributed by atoms with Gasteiger partial charge in [-0.2, -0.15) is 0 Å². The number of aliphatic hydroxyl groups is 1. The fourth-order valence-electron chi connectivity index (χ4n) is 1.21. The van der Waals surface area contributed by atoms with Gasteiger partial charge in [0.1, 0.15) is 0 Å². The van der Waals surface area contributed by atoms with Gasteiger partial charge < -0.3 is 10.4 Å². The number of aliphatic hydroxyl groups excluding tert-OH is 1. The maximum Gasteiger partial charge on any atom is 0.0428 e. The van der Waals surface area contributed by atoms with E-state index in [4.69, 9.17) is 5.11 Å². The van der Waals surface area contributed by atoms with Crippen LogP contribution in [0.5, 0.6) is 0 Å². The van der Waals surface area contributed by atoms with E-state index in [1.165, 1.54) is 45.1 Å². The van der Waals surface area contributed by atoms with Crippen molar-refractivity contribution in [2.45, 2.75) is 65.7 Å². The number of hydrogen-bond donors (Lipinski definition) is 2. The van der Waals surface area contributed by atoms with Crippen LogP contribution in [0.1, 0.15) is 65.7 Å². The molecule has 0 amide bonds. The molecule has 0 saturated carbocycles. The zero-order valence-corrected chi connectivity index (χ0v) is 11.0. The lowest BCUT2D eigenvalue weighted by atomic mass is 10.1. The van der Waals surface area contributed by atoms with Gasteiger partial charge in [-0.05, 0) is 25.9 Å². The molecule has 0 saturated heterocycles. The Morgan fingerprint density at radius 3 is 1.80 bits per heavy atom. The molecule has 0 aliphatic carbocycles. The largest absolute Gasteiger partial charge is 0.396 e. The normalized spacial score (nSPS) is 9.60. The summed E-state index contributed by atoms with van der Waals surface area (Å²) in [5.41, 5.74) is 0. The molecule has 15 heavy (non-hydrogen) atoms. The average molecular weight is 217 g/mol. The molecule has 2 nitrogen and oxygen atoms in total. The summed E-state index contributed by atoms with van der Waals surface area (Å²) < 4.78 is 0. The maximum atomic E-state index is 7.88. The van der Waals surface area contributed by atoms with Crippen LogP contribution in [0.3, 0.4) is 0 Å². The van der Waals surface area contributed by atoms with Crippen LogP contribution in [0.4, 0.5) is 0 Å². The summed E-state index contributed by atoms with van der Waals surface area (Å²) in [4.78, 5) is 0. The van der Waals surface area contributed by atoms with E-state index in [1.54, 1.807) is 0 Å². The Balaban J connectivity index is 0. The summed E-state index contributed by atoms with van der Waals surface area (Å²) in [5, 5.41) is 11.2. The lowest BCUT2D eigenvalue weighted by Crippen LogP contribution is -2.13. The molecule has 0 spiro atoms. The van der Waals surface area contributed by atoms with Gasteiger partial charge in [-0.25, -0.2) is 0 Å². The zero-order chi connectivity index (χ0) is 11.8. The van der Waals surface area contributed by atoms with Crippen LogP contribution in [0.15, 0.2) is 0 Å². The van der Waals surface area contributed by atoms with Crippen LogP contribution in [0, 0.1) is 0 Å². The molecule has 0 bridgehead atoms. The molecule has 0 fully saturated rings. The van der Waals surface area contributed by atoms with Gasteiger partial charge in [-0.1, -0.05) is 52.9 Å². The minimum Gasteiger partial charge on any atom is -0.396 e. The van der Waals surface area contributed by atoms with E-state index in [2.05, 4.69) is 19.2 Å². The molecule has 0 aliphatic heterocycles. The quantitative estimate of drug-likeness (QED) is 0.581. The monoisotopic (exact) mass is 217 g/mol. The second-order valence-corrected chi connectivity index (χ2v) is 3.84. The van der Waals surface area contributed by atoms with E-state index in [-0.39, 0.29) is 0 Å². The first-order valence-corrected chi connectivity index (χ1v) is 6.64. The van der Waals surface area contributed by atoms with Crippen molar-refractivity contribution >= 4 is 0 Å². The molecule has 2 heteroatoms. The predicted molar refractivity (Wildman–Crippen MR) is 69.3 cm³/mol. The van der Waals surface area contributed by atoms with Crippen LogP contribution in [0.2, 0.25) is 0 Å². The molecular formula is C13H31NO. The Labute approximate surface area is 96.5 Å². The highest BCUT2D eigenvalue weighted by Gasteiger charge is 1.88. The summed E-state index contributed by atoms with van der Waals surface area (Å²) in [6.07, 6.45) is 9.28. The summed E-state index contributed by atoms with van der Waals surface area (Å²) in [5.74, 6) is 0. The SMILES string of the molecule is CCCCCCCCNCC.CCCO. The molecule has 0 aromatic rings. The Bertz CT molecular complexity index is 76.6. The molecule has 2 N–H and O–H groups in total. The molecular weight excluding hydrogens is 186 g/mol. The average Bonchev–Trinajstić information content (AvgIpc) is 2.28. The van der Waals surface area contributed by atoms with Gasteiger partial charge in [0.25, 0.3) is 0 Å². The summed E-state index contributed by atoms with van der Waals surface area (Å²) in [6.45, 7) is 9.01. The first kappa shape index (κ1) is 17.3. The Morgan fingerprint density at radius 1 is 0.800 bits per heavy atom. The second kappa shape index (κ2) is 19.5. The summed E-state index contributed by atoms with van der Waals surface area (Å²) in [7, 11) is 0. The lowest BCUT2D eigenvalue weighted by Gasteiger charge is -2.00. The minimum atomic E-state index is 0.319. The standard InChI is InChI=1S/C10H23N.C3H8O/c1-3-5-6-7-8-9-10-11-4-2;1-2-3-4/h11H,3-10H2,1-2H3;4H,2-3H2,1H3. The van der Waals surface area contributed by atoms with Crippen molar-refractivity contribution in [3.63, 3.8) is 0 Å². The van der Waals surface area contributed by atoms with E-state index in [0.29, 0.717) is 6.61 Å². The third kappa shape index (κ3) is 24.9. The van der Waals surface area contributed by atoms with Crippen LogP contribution >= 0.6 is 0 Å². The first-order valence-electron chi connectivity index (χ1n) is 6.64. The number of unbranched alkanes of at least 4 members (excludes halogenated alkanes) is 5. The van der Waals surface area contributed by atoms with E-state index < -0.39 is 0 Å². The molecule has 0 rings (SSSR count). The van der Waals surface area contributed by atoms with Crippen molar-refractivity contribution in [1.29, 1.82) is 0 Å². The van der Waals surface area contributed by atoms with Crippen molar-refractivity contribution in [1.82, 2.24) is 5.32 Å². The van der Waals surface area contributed by atoms with Crippen molar-refractivity contribution in [3.05, 3.63) is 0 Å². The molecule has 0 heterocycles. The molecule has 0 aromatic carbocycles. The highest BCUT2D eigenvalue weighted by Crippen LogP contribution is 2.03. The van der Waals surface area contributed by atoms with Crippen LogP contribution in [0.25, 0.3) is 0 Å². The summed E-state index contributed by atoms with van der Waals surface area (Å²) in [6, 6.07) is 0. The van der Waals surface area contributed by atoms with Crippen molar-refractivity contribution < 1.29 is 5.11 Å².